The maximum atomic E-state index is 12.1. The highest BCUT2D eigenvalue weighted by Crippen LogP contribution is 2.24. The summed E-state index contributed by atoms with van der Waals surface area (Å²) in [6, 6.07) is 5.73. The quantitative estimate of drug-likeness (QED) is 0.629. The summed E-state index contributed by atoms with van der Waals surface area (Å²) >= 11 is 3.42. The van der Waals surface area contributed by atoms with Gasteiger partial charge >= 0.3 is 5.97 Å². The molecule has 5 nitrogen and oxygen atoms in total. The van der Waals surface area contributed by atoms with Gasteiger partial charge in [0.15, 0.2) is 0 Å². The molecule has 2 rings (SSSR count). The van der Waals surface area contributed by atoms with Crippen molar-refractivity contribution in [1.82, 2.24) is 9.97 Å². The van der Waals surface area contributed by atoms with Crippen molar-refractivity contribution in [2.75, 3.05) is 0 Å². The first-order chi connectivity index (χ1) is 10.2. The summed E-state index contributed by atoms with van der Waals surface area (Å²) in [4.78, 5) is 19.8. The fourth-order valence-electron chi connectivity index (χ4n) is 2.18. The summed E-state index contributed by atoms with van der Waals surface area (Å²) in [5.41, 5.74) is 1.00. The van der Waals surface area contributed by atoms with Gasteiger partial charge in [0.05, 0.1) is 17.0 Å². The average Bonchev–Trinajstić information content (AvgIpc) is 2.79. The molecule has 0 unspecified atom stereocenters. The molecule has 1 heterocycles. The molecule has 1 atom stereocenters. The molecular formula is C16H20BrN3O2. The molecule has 22 heavy (non-hydrogen) atoms. The number of ether oxygens (including phenoxy) is 1. The molecule has 0 radical (unpaired) electrons. The molecule has 1 aromatic heterocycles. The van der Waals surface area contributed by atoms with E-state index in [1.165, 1.54) is 0 Å². The highest BCUT2D eigenvalue weighted by atomic mass is 79.9. The van der Waals surface area contributed by atoms with Crippen molar-refractivity contribution in [1.29, 1.82) is 5.41 Å². The second-order valence-corrected chi connectivity index (χ2v) is 7.08. The number of rotatable bonds is 4. The van der Waals surface area contributed by atoms with Crippen molar-refractivity contribution in [3.63, 3.8) is 0 Å². The number of imidazole rings is 1. The Labute approximate surface area is 138 Å². The summed E-state index contributed by atoms with van der Waals surface area (Å²) in [5, 5.41) is 8.14. The van der Waals surface area contributed by atoms with Crippen LogP contribution in [-0.4, -0.2) is 27.2 Å². The maximum Gasteiger partial charge on any atom is 0.353 e. The first kappa shape index (κ1) is 16.7. The molecule has 2 N–H and O–H groups in total. The second-order valence-electron chi connectivity index (χ2n) is 6.16. The third kappa shape index (κ3) is 3.74. The number of carbonyl (C=O) groups is 1. The van der Waals surface area contributed by atoms with E-state index < -0.39 is 17.5 Å². The lowest BCUT2D eigenvalue weighted by atomic mass is 9.99. The lowest BCUT2D eigenvalue weighted by molar-refractivity contribution is -0.146. The number of carbonyl (C=O) groups excluding carboxylic acids is 1. The highest BCUT2D eigenvalue weighted by Gasteiger charge is 2.28. The van der Waals surface area contributed by atoms with E-state index >= 15 is 0 Å². The number of aromatic amines is 1. The van der Waals surface area contributed by atoms with Crippen LogP contribution in [0, 0.1) is 5.41 Å². The molecule has 2 aromatic rings. The van der Waals surface area contributed by atoms with Crippen LogP contribution < -0.4 is 0 Å². The van der Waals surface area contributed by atoms with E-state index in [-0.39, 0.29) is 5.71 Å². The average molecular weight is 366 g/mol. The van der Waals surface area contributed by atoms with Crippen LogP contribution >= 0.6 is 15.9 Å². The number of fused-ring (bicyclic) bond motifs is 1. The Hall–Kier alpha value is -1.69. The van der Waals surface area contributed by atoms with Gasteiger partial charge in [0.1, 0.15) is 17.1 Å². The summed E-state index contributed by atoms with van der Waals surface area (Å²) in [6.07, 6.45) is 0.596. The minimum absolute atomic E-state index is 0.0736. The summed E-state index contributed by atoms with van der Waals surface area (Å²) in [6.45, 7) is 7.29. The normalized spacial score (nSPS) is 13.1. The van der Waals surface area contributed by atoms with Gasteiger partial charge in [-0.05, 0) is 45.4 Å². The number of halogens is 1. The first-order valence-electron chi connectivity index (χ1n) is 7.18. The van der Waals surface area contributed by atoms with E-state index in [0.29, 0.717) is 12.2 Å². The number of hydrogen-bond donors (Lipinski definition) is 2. The molecule has 118 valence electrons. The molecule has 0 spiro atoms. The van der Waals surface area contributed by atoms with Crippen LogP contribution in [0.15, 0.2) is 22.7 Å². The van der Waals surface area contributed by atoms with Crippen molar-refractivity contribution in [2.45, 2.75) is 45.6 Å². The van der Waals surface area contributed by atoms with E-state index in [0.717, 1.165) is 15.5 Å². The monoisotopic (exact) mass is 365 g/mol. The van der Waals surface area contributed by atoms with Gasteiger partial charge in [-0.25, -0.2) is 9.78 Å². The van der Waals surface area contributed by atoms with E-state index in [1.54, 1.807) is 20.8 Å². The van der Waals surface area contributed by atoms with Gasteiger partial charge in [-0.15, -0.1) is 0 Å². The number of H-pyrrole nitrogens is 1. The van der Waals surface area contributed by atoms with Gasteiger partial charge in [0.2, 0.25) is 0 Å². The Balaban J connectivity index is 2.29. The van der Waals surface area contributed by atoms with E-state index in [1.807, 2.05) is 25.1 Å². The number of esters is 1. The summed E-state index contributed by atoms with van der Waals surface area (Å²) < 4.78 is 6.23. The molecule has 0 saturated heterocycles. The van der Waals surface area contributed by atoms with Gasteiger partial charge in [-0.1, -0.05) is 22.9 Å². The Morgan fingerprint density at radius 3 is 2.73 bits per heavy atom. The second kappa shape index (κ2) is 6.20. The van der Waals surface area contributed by atoms with Crippen molar-refractivity contribution in [3.8, 4) is 0 Å². The van der Waals surface area contributed by atoms with Gasteiger partial charge < -0.3 is 9.72 Å². The third-order valence-electron chi connectivity index (χ3n) is 3.17. The Morgan fingerprint density at radius 1 is 1.45 bits per heavy atom. The lowest BCUT2D eigenvalue weighted by Gasteiger charge is -2.21. The Morgan fingerprint density at radius 2 is 2.14 bits per heavy atom. The largest absolute Gasteiger partial charge is 0.455 e. The molecule has 0 amide bonds. The first-order valence-corrected chi connectivity index (χ1v) is 7.97. The third-order valence-corrected chi connectivity index (χ3v) is 3.66. The molecule has 0 bridgehead atoms. The molecule has 0 aliphatic heterocycles. The van der Waals surface area contributed by atoms with Gasteiger partial charge in [0, 0.05) is 4.47 Å². The number of nitrogens with zero attached hydrogens (tertiary/aromatic N) is 1. The van der Waals surface area contributed by atoms with Crippen LogP contribution in [0.1, 0.15) is 45.9 Å². The van der Waals surface area contributed by atoms with Gasteiger partial charge in [-0.2, -0.15) is 0 Å². The zero-order valence-electron chi connectivity index (χ0n) is 13.2. The Bertz CT molecular complexity index is 716. The molecule has 0 aliphatic rings. The zero-order chi connectivity index (χ0) is 16.5. The van der Waals surface area contributed by atoms with Crippen molar-refractivity contribution < 1.29 is 9.53 Å². The number of aromatic nitrogens is 2. The maximum absolute atomic E-state index is 12.1. The molecular weight excluding hydrogens is 346 g/mol. The standard InChI is InChI=1S/C16H20BrN3O2/c1-5-10(13(18)15(21)22-16(2,3)4)14-19-11-7-6-9(17)8-12(11)20-14/h6-8,10,18H,5H2,1-4H3,(H,19,20)/t10-/m0/s1. The lowest BCUT2D eigenvalue weighted by Crippen LogP contribution is -2.31. The number of nitrogens with one attached hydrogen (secondary N) is 2. The molecule has 1 aromatic carbocycles. The van der Waals surface area contributed by atoms with Crippen molar-refractivity contribution in [3.05, 3.63) is 28.5 Å². The fraction of sp³-hybridized carbons (Fsp3) is 0.438. The molecule has 0 saturated carbocycles. The highest BCUT2D eigenvalue weighted by molar-refractivity contribution is 9.10. The van der Waals surface area contributed by atoms with Crippen LogP contribution in [0.4, 0.5) is 0 Å². The van der Waals surface area contributed by atoms with Gasteiger partial charge in [-0.3, -0.25) is 5.41 Å². The molecule has 6 heteroatoms. The van der Waals surface area contributed by atoms with Gasteiger partial charge in [0.25, 0.3) is 0 Å². The van der Waals surface area contributed by atoms with Crippen LogP contribution in [0.2, 0.25) is 0 Å². The zero-order valence-corrected chi connectivity index (χ0v) is 14.7. The van der Waals surface area contributed by atoms with Crippen LogP contribution in [0.25, 0.3) is 11.0 Å². The Kier molecular flexibility index (Phi) is 4.70. The molecule has 0 fully saturated rings. The topological polar surface area (TPSA) is 78.8 Å². The van der Waals surface area contributed by atoms with Crippen LogP contribution in [0.5, 0.6) is 0 Å². The molecule has 0 aliphatic carbocycles. The SMILES string of the molecule is CC[C@@H](C(=N)C(=O)OC(C)(C)C)c1nc2ccc(Br)cc2[nH]1. The minimum atomic E-state index is -0.611. The van der Waals surface area contributed by atoms with E-state index in [4.69, 9.17) is 10.1 Å². The smallest absolute Gasteiger partial charge is 0.353 e. The summed E-state index contributed by atoms with van der Waals surface area (Å²) in [5.74, 6) is -0.381. The van der Waals surface area contributed by atoms with Crippen molar-refractivity contribution >= 4 is 38.6 Å². The van der Waals surface area contributed by atoms with E-state index in [2.05, 4.69) is 25.9 Å². The minimum Gasteiger partial charge on any atom is -0.455 e. The number of hydrogen-bond acceptors (Lipinski definition) is 4. The number of benzene rings is 1. The van der Waals surface area contributed by atoms with Crippen LogP contribution in [-0.2, 0) is 9.53 Å². The predicted octanol–water partition coefficient (Wildman–Crippen LogP) is 4.18. The summed E-state index contributed by atoms with van der Waals surface area (Å²) in [7, 11) is 0. The predicted molar refractivity (Wildman–Crippen MR) is 90.4 cm³/mol. The van der Waals surface area contributed by atoms with Crippen LogP contribution in [0.3, 0.4) is 0 Å². The fourth-order valence-corrected chi connectivity index (χ4v) is 2.54. The van der Waals surface area contributed by atoms with Crippen molar-refractivity contribution in [2.24, 2.45) is 0 Å². The van der Waals surface area contributed by atoms with E-state index in [9.17, 15) is 4.79 Å².